The first-order chi connectivity index (χ1) is 12.0. The van der Waals surface area contributed by atoms with Crippen LogP contribution in [-0.2, 0) is 9.59 Å². The lowest BCUT2D eigenvalue weighted by Crippen LogP contribution is -2.40. The molecule has 0 fully saturated rings. The van der Waals surface area contributed by atoms with Crippen molar-refractivity contribution in [1.82, 2.24) is 5.32 Å². The smallest absolute Gasteiger partial charge is 0.246 e. The predicted molar refractivity (Wildman–Crippen MR) is 96.0 cm³/mol. The van der Waals surface area contributed by atoms with E-state index >= 15 is 0 Å². The molecule has 0 saturated heterocycles. The van der Waals surface area contributed by atoms with Crippen molar-refractivity contribution < 1.29 is 19.1 Å². The number of amides is 2. The summed E-state index contributed by atoms with van der Waals surface area (Å²) in [6.07, 6.45) is 0. The van der Waals surface area contributed by atoms with E-state index in [1.807, 2.05) is 31.2 Å². The van der Waals surface area contributed by atoms with Crippen LogP contribution >= 0.6 is 0 Å². The average Bonchev–Trinajstić information content (AvgIpc) is 2.58. The van der Waals surface area contributed by atoms with Gasteiger partial charge in [0, 0.05) is 12.6 Å². The van der Waals surface area contributed by atoms with Gasteiger partial charge in [-0.25, -0.2) is 0 Å². The normalized spacial score (nSPS) is 11.3. The fourth-order valence-electron chi connectivity index (χ4n) is 2.13. The van der Waals surface area contributed by atoms with Crippen molar-refractivity contribution in [3.63, 3.8) is 0 Å². The first kappa shape index (κ1) is 18.3. The Kier molecular flexibility index (Phi) is 6.39. The van der Waals surface area contributed by atoms with E-state index in [2.05, 4.69) is 10.6 Å². The van der Waals surface area contributed by atoms with Gasteiger partial charge in [-0.3, -0.25) is 9.59 Å². The van der Waals surface area contributed by atoms with E-state index in [0.717, 1.165) is 5.75 Å². The maximum atomic E-state index is 11.9. The minimum atomic E-state index is -0.600. The van der Waals surface area contributed by atoms with E-state index in [1.54, 1.807) is 31.2 Å². The summed E-state index contributed by atoms with van der Waals surface area (Å²) in [4.78, 5) is 22.9. The van der Waals surface area contributed by atoms with Gasteiger partial charge in [-0.05, 0) is 62.4 Å². The Bertz CT molecular complexity index is 711. The molecule has 0 bridgehead atoms. The number of nitrogens with one attached hydrogen (secondary N) is 2. The van der Waals surface area contributed by atoms with Crippen LogP contribution < -0.4 is 20.1 Å². The van der Waals surface area contributed by atoms with Crippen molar-refractivity contribution in [2.45, 2.75) is 26.8 Å². The summed E-state index contributed by atoms with van der Waals surface area (Å²) in [5.41, 5.74) is 0.626. The summed E-state index contributed by atoms with van der Waals surface area (Å²) in [7, 11) is 0. The van der Waals surface area contributed by atoms with Gasteiger partial charge >= 0.3 is 0 Å². The zero-order valence-electron chi connectivity index (χ0n) is 14.5. The number of ether oxygens (including phenoxy) is 2. The van der Waals surface area contributed by atoms with Crippen LogP contribution in [0, 0.1) is 0 Å². The van der Waals surface area contributed by atoms with Crippen LogP contribution in [0.25, 0.3) is 0 Å². The summed E-state index contributed by atoms with van der Waals surface area (Å²) in [6.45, 7) is 5.55. The third-order valence-corrected chi connectivity index (χ3v) is 3.31. The summed E-state index contributed by atoms with van der Waals surface area (Å²) >= 11 is 0. The van der Waals surface area contributed by atoms with E-state index in [0.29, 0.717) is 23.8 Å². The van der Waals surface area contributed by atoms with Crippen molar-refractivity contribution in [2.24, 2.45) is 0 Å². The number of carbonyl (C=O) groups is 2. The molecule has 2 amide bonds. The van der Waals surface area contributed by atoms with Crippen molar-refractivity contribution in [2.75, 3.05) is 11.9 Å². The molecule has 0 spiro atoms. The number of hydrogen-bond donors (Lipinski definition) is 2. The third kappa shape index (κ3) is 5.84. The van der Waals surface area contributed by atoms with Crippen LogP contribution in [0.15, 0.2) is 48.5 Å². The third-order valence-electron chi connectivity index (χ3n) is 3.31. The van der Waals surface area contributed by atoms with Gasteiger partial charge in [0.05, 0.1) is 6.61 Å². The van der Waals surface area contributed by atoms with Crippen LogP contribution in [0.3, 0.4) is 0 Å². The quantitative estimate of drug-likeness (QED) is 0.809. The van der Waals surface area contributed by atoms with E-state index in [9.17, 15) is 9.59 Å². The highest BCUT2D eigenvalue weighted by Gasteiger charge is 2.13. The lowest BCUT2D eigenvalue weighted by Gasteiger charge is -2.13. The molecule has 2 rings (SSSR count). The van der Waals surface area contributed by atoms with Gasteiger partial charge in [-0.15, -0.1) is 0 Å². The Morgan fingerprint density at radius 1 is 0.960 bits per heavy atom. The highest BCUT2D eigenvalue weighted by atomic mass is 16.5. The highest BCUT2D eigenvalue weighted by Crippen LogP contribution is 2.25. The van der Waals surface area contributed by atoms with E-state index in [1.165, 1.54) is 6.92 Å². The molecule has 132 valence electrons. The van der Waals surface area contributed by atoms with Crippen LogP contribution in [0.2, 0.25) is 0 Å². The zero-order valence-corrected chi connectivity index (χ0v) is 14.5. The van der Waals surface area contributed by atoms with Gasteiger partial charge in [0.25, 0.3) is 0 Å². The Hall–Kier alpha value is -3.02. The largest absolute Gasteiger partial charge is 0.494 e. The van der Waals surface area contributed by atoms with Crippen LogP contribution in [0.1, 0.15) is 20.8 Å². The molecule has 0 aliphatic heterocycles. The molecule has 0 unspecified atom stereocenters. The van der Waals surface area contributed by atoms with Crippen molar-refractivity contribution in [1.29, 1.82) is 0 Å². The van der Waals surface area contributed by atoms with E-state index in [-0.39, 0.29) is 11.8 Å². The van der Waals surface area contributed by atoms with Gasteiger partial charge in [-0.1, -0.05) is 0 Å². The number of rotatable bonds is 7. The summed E-state index contributed by atoms with van der Waals surface area (Å²) in [5, 5.41) is 5.27. The molecule has 0 saturated carbocycles. The number of anilines is 1. The second-order valence-electron chi connectivity index (χ2n) is 5.44. The number of hydrogen-bond acceptors (Lipinski definition) is 4. The fourth-order valence-corrected chi connectivity index (χ4v) is 2.13. The molecule has 0 aliphatic carbocycles. The molecule has 6 heteroatoms. The van der Waals surface area contributed by atoms with Gasteiger partial charge in [0.2, 0.25) is 11.8 Å². The van der Waals surface area contributed by atoms with Crippen LogP contribution in [0.5, 0.6) is 17.2 Å². The number of benzene rings is 2. The average molecular weight is 342 g/mol. The van der Waals surface area contributed by atoms with Gasteiger partial charge in [0.15, 0.2) is 0 Å². The predicted octanol–water partition coefficient (Wildman–Crippen LogP) is 3.34. The Morgan fingerprint density at radius 3 is 2.00 bits per heavy atom. The molecule has 6 nitrogen and oxygen atoms in total. The van der Waals surface area contributed by atoms with Gasteiger partial charge in [-0.2, -0.15) is 0 Å². The maximum Gasteiger partial charge on any atom is 0.246 e. The summed E-state index contributed by atoms with van der Waals surface area (Å²) < 4.78 is 11.1. The molecule has 0 radical (unpaired) electrons. The summed E-state index contributed by atoms with van der Waals surface area (Å²) in [6, 6.07) is 13.7. The van der Waals surface area contributed by atoms with Gasteiger partial charge in [0.1, 0.15) is 23.3 Å². The lowest BCUT2D eigenvalue weighted by molar-refractivity contribution is -0.124. The van der Waals surface area contributed by atoms with Crippen molar-refractivity contribution in [3.05, 3.63) is 48.5 Å². The zero-order chi connectivity index (χ0) is 18.2. The fraction of sp³-hybridized carbons (Fsp3) is 0.263. The molecule has 2 aromatic rings. The Morgan fingerprint density at radius 2 is 1.48 bits per heavy atom. The maximum absolute atomic E-state index is 11.9. The van der Waals surface area contributed by atoms with Gasteiger partial charge < -0.3 is 20.1 Å². The van der Waals surface area contributed by atoms with E-state index in [4.69, 9.17) is 9.47 Å². The second kappa shape index (κ2) is 8.73. The van der Waals surface area contributed by atoms with Crippen LogP contribution in [0.4, 0.5) is 5.69 Å². The Balaban J connectivity index is 1.93. The summed E-state index contributed by atoms with van der Waals surface area (Å²) in [5.74, 6) is 1.61. The molecular formula is C19H22N2O4. The molecule has 0 aromatic heterocycles. The standard InChI is InChI=1S/C19H22N2O4/c1-4-24-16-9-11-18(12-10-16)25-17-7-5-15(6-8-17)21-19(23)13(2)20-14(3)22/h5-13H,4H2,1-3H3,(H,20,22)(H,21,23)/t13-/m1/s1. The minimum Gasteiger partial charge on any atom is -0.494 e. The monoisotopic (exact) mass is 342 g/mol. The SMILES string of the molecule is CCOc1ccc(Oc2ccc(NC(=O)[C@@H](C)NC(C)=O)cc2)cc1. The van der Waals surface area contributed by atoms with Crippen molar-refractivity contribution in [3.8, 4) is 17.2 Å². The molecule has 0 aliphatic rings. The first-order valence-electron chi connectivity index (χ1n) is 8.06. The molecular weight excluding hydrogens is 320 g/mol. The second-order valence-corrected chi connectivity index (χ2v) is 5.44. The molecule has 2 N–H and O–H groups in total. The highest BCUT2D eigenvalue weighted by molar-refractivity contribution is 5.96. The molecule has 2 aromatic carbocycles. The van der Waals surface area contributed by atoms with E-state index < -0.39 is 6.04 Å². The molecule has 0 heterocycles. The molecule has 25 heavy (non-hydrogen) atoms. The first-order valence-corrected chi connectivity index (χ1v) is 8.06. The lowest BCUT2D eigenvalue weighted by atomic mass is 10.2. The topological polar surface area (TPSA) is 76.7 Å². The van der Waals surface area contributed by atoms with Crippen LogP contribution in [-0.4, -0.2) is 24.5 Å². The Labute approximate surface area is 147 Å². The minimum absolute atomic E-state index is 0.248. The number of carbonyl (C=O) groups excluding carboxylic acids is 2. The van der Waals surface area contributed by atoms with Crippen molar-refractivity contribution >= 4 is 17.5 Å². The molecule has 1 atom stereocenters.